The number of carbonyl (C=O) groups is 1. The molecule has 0 aromatic carbocycles. The Balaban J connectivity index is 1.21. The fourth-order valence-electron chi connectivity index (χ4n) is 2.92. The molecule has 5 nitrogen and oxygen atoms in total. The highest BCUT2D eigenvalue weighted by atomic mass is 16.5. The minimum absolute atomic E-state index is 0.0663. The van der Waals surface area contributed by atoms with Gasteiger partial charge in [-0.15, -0.1) is 0 Å². The molecule has 2 saturated heterocycles. The number of nitrogens with one attached hydrogen (secondary N) is 2. The van der Waals surface area contributed by atoms with E-state index in [1.165, 1.54) is 12.8 Å². The number of fused-ring (bicyclic) bond motifs is 2. The predicted octanol–water partition coefficient (Wildman–Crippen LogP) is 1.42. The van der Waals surface area contributed by atoms with Crippen molar-refractivity contribution in [2.45, 2.75) is 56.8 Å². The van der Waals surface area contributed by atoms with Crippen LogP contribution in [0.2, 0.25) is 0 Å². The first-order valence-corrected chi connectivity index (χ1v) is 7.59. The summed E-state index contributed by atoms with van der Waals surface area (Å²) in [5.41, 5.74) is 0. The van der Waals surface area contributed by atoms with Gasteiger partial charge in [-0.3, -0.25) is 0 Å². The Morgan fingerprint density at radius 2 is 2.16 bits per heavy atom. The van der Waals surface area contributed by atoms with Gasteiger partial charge in [-0.2, -0.15) is 0 Å². The molecule has 0 aromatic heterocycles. The fraction of sp³-hybridized carbons (Fsp3) is 0.929. The summed E-state index contributed by atoms with van der Waals surface area (Å²) < 4.78 is 11.2. The van der Waals surface area contributed by atoms with Crippen molar-refractivity contribution in [1.82, 2.24) is 10.6 Å². The van der Waals surface area contributed by atoms with Crippen LogP contribution in [0.25, 0.3) is 0 Å². The molecule has 108 valence electrons. The van der Waals surface area contributed by atoms with Crippen LogP contribution in [0.1, 0.15) is 38.5 Å². The lowest BCUT2D eigenvalue weighted by molar-refractivity contribution is 0.0980. The number of urea groups is 1. The summed E-state index contributed by atoms with van der Waals surface area (Å²) in [7, 11) is 0. The van der Waals surface area contributed by atoms with Gasteiger partial charge in [-0.25, -0.2) is 4.79 Å². The van der Waals surface area contributed by atoms with E-state index in [1.54, 1.807) is 0 Å². The number of rotatable bonds is 7. The zero-order chi connectivity index (χ0) is 13.1. The second-order valence-electron chi connectivity index (χ2n) is 5.99. The molecule has 3 unspecified atom stereocenters. The van der Waals surface area contributed by atoms with Crippen molar-refractivity contribution in [3.05, 3.63) is 0 Å². The Morgan fingerprint density at radius 3 is 2.84 bits per heavy atom. The van der Waals surface area contributed by atoms with Crippen LogP contribution < -0.4 is 10.6 Å². The Morgan fingerprint density at radius 1 is 1.26 bits per heavy atom. The maximum atomic E-state index is 11.7. The molecule has 0 radical (unpaired) electrons. The zero-order valence-electron chi connectivity index (χ0n) is 11.4. The van der Waals surface area contributed by atoms with Crippen LogP contribution >= 0.6 is 0 Å². The van der Waals surface area contributed by atoms with Gasteiger partial charge in [0.15, 0.2) is 0 Å². The number of amides is 2. The maximum absolute atomic E-state index is 11.7. The van der Waals surface area contributed by atoms with Gasteiger partial charge in [0.2, 0.25) is 0 Å². The van der Waals surface area contributed by atoms with Gasteiger partial charge in [0.05, 0.1) is 18.2 Å². The van der Waals surface area contributed by atoms with Crippen molar-refractivity contribution in [1.29, 1.82) is 0 Å². The predicted molar refractivity (Wildman–Crippen MR) is 71.0 cm³/mol. The molecule has 5 heteroatoms. The SMILES string of the molecule is O=C(NCCCOCC1CC1)NC1CC2CCC1O2. The van der Waals surface area contributed by atoms with Crippen molar-refractivity contribution in [3.8, 4) is 0 Å². The third-order valence-corrected chi connectivity index (χ3v) is 4.22. The van der Waals surface area contributed by atoms with Gasteiger partial charge in [-0.05, 0) is 44.4 Å². The third-order valence-electron chi connectivity index (χ3n) is 4.22. The van der Waals surface area contributed by atoms with Gasteiger partial charge in [0, 0.05) is 19.8 Å². The standard InChI is InChI=1S/C14H24N2O3/c17-14(15-6-1-7-18-9-10-2-3-10)16-12-8-11-4-5-13(12)19-11/h10-13H,1-9H2,(H2,15,16,17). The van der Waals surface area contributed by atoms with E-state index in [-0.39, 0.29) is 18.2 Å². The molecular formula is C14H24N2O3. The molecule has 2 bridgehead atoms. The number of hydrogen-bond donors (Lipinski definition) is 2. The molecule has 2 heterocycles. The van der Waals surface area contributed by atoms with Crippen LogP contribution in [0.15, 0.2) is 0 Å². The molecule has 1 aliphatic carbocycles. The number of ether oxygens (including phenoxy) is 2. The van der Waals surface area contributed by atoms with Gasteiger partial charge < -0.3 is 20.1 Å². The summed E-state index contributed by atoms with van der Waals surface area (Å²) in [5, 5.41) is 5.90. The molecular weight excluding hydrogens is 244 g/mol. The second kappa shape index (κ2) is 6.09. The van der Waals surface area contributed by atoms with E-state index >= 15 is 0 Å². The van der Waals surface area contributed by atoms with Crippen molar-refractivity contribution in [2.75, 3.05) is 19.8 Å². The monoisotopic (exact) mass is 268 g/mol. The summed E-state index contributed by atoms with van der Waals surface area (Å²) >= 11 is 0. The Hall–Kier alpha value is -0.810. The normalized spacial score (nSPS) is 32.5. The molecule has 0 aromatic rings. The van der Waals surface area contributed by atoms with E-state index in [1.807, 2.05) is 0 Å². The highest BCUT2D eigenvalue weighted by Gasteiger charge is 2.41. The average Bonchev–Trinajstić information content (AvgIpc) is 2.99. The van der Waals surface area contributed by atoms with Gasteiger partial charge in [-0.1, -0.05) is 0 Å². The molecule has 3 fully saturated rings. The minimum atomic E-state index is -0.0663. The summed E-state index contributed by atoms with van der Waals surface area (Å²) in [6.45, 7) is 2.32. The first-order chi connectivity index (χ1) is 9.31. The average molecular weight is 268 g/mol. The van der Waals surface area contributed by atoms with Crippen LogP contribution in [-0.2, 0) is 9.47 Å². The molecule has 2 aliphatic heterocycles. The van der Waals surface area contributed by atoms with Gasteiger partial charge in [0.25, 0.3) is 0 Å². The first-order valence-electron chi connectivity index (χ1n) is 7.59. The van der Waals surface area contributed by atoms with Crippen molar-refractivity contribution in [2.24, 2.45) is 5.92 Å². The van der Waals surface area contributed by atoms with Crippen LogP contribution in [0, 0.1) is 5.92 Å². The van der Waals surface area contributed by atoms with Crippen molar-refractivity contribution in [3.63, 3.8) is 0 Å². The number of carbonyl (C=O) groups excluding carboxylic acids is 1. The van der Waals surface area contributed by atoms with Crippen LogP contribution in [0.4, 0.5) is 4.79 Å². The molecule has 2 N–H and O–H groups in total. The lowest BCUT2D eigenvalue weighted by atomic mass is 9.96. The topological polar surface area (TPSA) is 59.6 Å². The highest BCUT2D eigenvalue weighted by Crippen LogP contribution is 2.34. The summed E-state index contributed by atoms with van der Waals surface area (Å²) in [5.74, 6) is 0.814. The Labute approximate surface area is 114 Å². The van der Waals surface area contributed by atoms with E-state index in [0.717, 1.165) is 44.8 Å². The smallest absolute Gasteiger partial charge is 0.315 e. The quantitative estimate of drug-likeness (QED) is 0.687. The second-order valence-corrected chi connectivity index (χ2v) is 5.99. The number of hydrogen-bond acceptors (Lipinski definition) is 3. The van der Waals surface area contributed by atoms with E-state index < -0.39 is 0 Å². The van der Waals surface area contributed by atoms with Gasteiger partial charge in [0.1, 0.15) is 0 Å². The molecule has 3 aliphatic rings. The van der Waals surface area contributed by atoms with Crippen LogP contribution in [0.3, 0.4) is 0 Å². The Kier molecular flexibility index (Phi) is 4.23. The largest absolute Gasteiger partial charge is 0.381 e. The van der Waals surface area contributed by atoms with Gasteiger partial charge >= 0.3 is 6.03 Å². The van der Waals surface area contributed by atoms with E-state index in [9.17, 15) is 4.79 Å². The molecule has 1 saturated carbocycles. The van der Waals surface area contributed by atoms with Crippen molar-refractivity contribution >= 4 is 6.03 Å². The van der Waals surface area contributed by atoms with E-state index in [4.69, 9.17) is 9.47 Å². The third kappa shape index (κ3) is 3.83. The van der Waals surface area contributed by atoms with Crippen molar-refractivity contribution < 1.29 is 14.3 Å². The summed E-state index contributed by atoms with van der Waals surface area (Å²) in [4.78, 5) is 11.7. The van der Waals surface area contributed by atoms with Crippen LogP contribution in [-0.4, -0.2) is 44.0 Å². The summed E-state index contributed by atoms with van der Waals surface area (Å²) in [6, 6.07) is 0.146. The van der Waals surface area contributed by atoms with Crippen LogP contribution in [0.5, 0.6) is 0 Å². The summed E-state index contributed by atoms with van der Waals surface area (Å²) in [6.07, 6.45) is 7.38. The lowest BCUT2D eigenvalue weighted by Gasteiger charge is -2.20. The first kappa shape index (κ1) is 13.2. The Bertz CT molecular complexity index is 320. The molecule has 2 amide bonds. The highest BCUT2D eigenvalue weighted by molar-refractivity contribution is 5.74. The maximum Gasteiger partial charge on any atom is 0.315 e. The molecule has 3 atom stereocenters. The molecule has 3 rings (SSSR count). The minimum Gasteiger partial charge on any atom is -0.381 e. The van der Waals surface area contributed by atoms with E-state index in [0.29, 0.717) is 12.6 Å². The lowest BCUT2D eigenvalue weighted by Crippen LogP contribution is -2.46. The zero-order valence-corrected chi connectivity index (χ0v) is 11.4. The molecule has 0 spiro atoms. The fourth-order valence-corrected chi connectivity index (χ4v) is 2.92. The van der Waals surface area contributed by atoms with E-state index in [2.05, 4.69) is 10.6 Å². The molecule has 19 heavy (non-hydrogen) atoms.